The summed E-state index contributed by atoms with van der Waals surface area (Å²) in [6.07, 6.45) is 18.3. The summed E-state index contributed by atoms with van der Waals surface area (Å²) in [7, 11) is 1.84. The van der Waals surface area contributed by atoms with E-state index in [1.54, 1.807) is 0 Å². The fraction of sp³-hybridized carbons (Fsp3) is 0.889. The number of unbranched alkanes of at least 4 members (excludes halogenated alkanes) is 6. The smallest absolute Gasteiger partial charge is 0.0874 e. The second-order valence-corrected chi connectivity index (χ2v) is 5.56. The van der Waals surface area contributed by atoms with E-state index < -0.39 is 0 Å². The molecule has 0 aliphatic carbocycles. The Labute approximate surface area is 126 Å². The normalized spacial score (nSPS) is 12.9. The molecule has 20 heavy (non-hydrogen) atoms. The van der Waals surface area contributed by atoms with Crippen molar-refractivity contribution in [1.82, 2.24) is 0 Å². The van der Waals surface area contributed by atoms with Crippen LogP contribution in [-0.2, 0) is 9.47 Å². The van der Waals surface area contributed by atoms with Gasteiger partial charge in [0.2, 0.25) is 0 Å². The number of methoxy groups -OCH3 is 1. The van der Waals surface area contributed by atoms with Crippen LogP contribution in [0.25, 0.3) is 0 Å². The summed E-state index contributed by atoms with van der Waals surface area (Å²) in [5, 5.41) is 0. The lowest BCUT2D eigenvalue weighted by molar-refractivity contribution is 0.0776. The summed E-state index contributed by atoms with van der Waals surface area (Å²) in [4.78, 5) is 0. The van der Waals surface area contributed by atoms with Gasteiger partial charge < -0.3 is 9.47 Å². The molecular formula is C18H36O2. The SMILES string of the molecule is CCC=COCCCC(CCCCCCCCC)OC. The minimum absolute atomic E-state index is 0.421. The van der Waals surface area contributed by atoms with Gasteiger partial charge in [0.25, 0.3) is 0 Å². The highest BCUT2D eigenvalue weighted by atomic mass is 16.5. The fourth-order valence-corrected chi connectivity index (χ4v) is 2.34. The molecule has 0 saturated heterocycles. The minimum Gasteiger partial charge on any atom is -0.502 e. The Hall–Kier alpha value is -0.500. The molecule has 0 amide bonds. The maximum Gasteiger partial charge on any atom is 0.0874 e. The predicted octanol–water partition coefficient (Wildman–Crippen LogP) is 5.86. The van der Waals surface area contributed by atoms with Crippen LogP contribution in [0.3, 0.4) is 0 Å². The second-order valence-electron chi connectivity index (χ2n) is 5.56. The van der Waals surface area contributed by atoms with Gasteiger partial charge in [0.1, 0.15) is 0 Å². The molecule has 0 N–H and O–H groups in total. The zero-order valence-corrected chi connectivity index (χ0v) is 14.0. The monoisotopic (exact) mass is 284 g/mol. The van der Waals surface area contributed by atoms with E-state index in [0.717, 1.165) is 25.9 Å². The molecule has 0 fully saturated rings. The molecule has 0 bridgehead atoms. The van der Waals surface area contributed by atoms with Crippen molar-refractivity contribution in [2.75, 3.05) is 13.7 Å². The molecule has 120 valence electrons. The number of hydrogen-bond donors (Lipinski definition) is 0. The van der Waals surface area contributed by atoms with E-state index in [9.17, 15) is 0 Å². The summed E-state index contributed by atoms with van der Waals surface area (Å²) >= 11 is 0. The minimum atomic E-state index is 0.421. The molecule has 0 aliphatic heterocycles. The summed E-state index contributed by atoms with van der Waals surface area (Å²) in [5.74, 6) is 0. The lowest BCUT2D eigenvalue weighted by Crippen LogP contribution is -2.11. The summed E-state index contributed by atoms with van der Waals surface area (Å²) in [6.45, 7) is 5.20. The Balaban J connectivity index is 3.36. The van der Waals surface area contributed by atoms with Gasteiger partial charge in [-0.3, -0.25) is 0 Å². The molecule has 0 rings (SSSR count). The van der Waals surface area contributed by atoms with Gasteiger partial charge in [-0.25, -0.2) is 0 Å². The van der Waals surface area contributed by atoms with Crippen molar-refractivity contribution in [3.63, 3.8) is 0 Å². The number of hydrogen-bond acceptors (Lipinski definition) is 2. The topological polar surface area (TPSA) is 18.5 Å². The highest BCUT2D eigenvalue weighted by molar-refractivity contribution is 4.70. The number of rotatable bonds is 15. The van der Waals surface area contributed by atoms with Crippen LogP contribution in [0.1, 0.15) is 84.5 Å². The first-order valence-corrected chi connectivity index (χ1v) is 8.64. The molecule has 0 aliphatic rings. The Morgan fingerprint density at radius 3 is 2.15 bits per heavy atom. The van der Waals surface area contributed by atoms with Gasteiger partial charge in [-0.15, -0.1) is 0 Å². The Morgan fingerprint density at radius 1 is 0.850 bits per heavy atom. The fourth-order valence-electron chi connectivity index (χ4n) is 2.34. The molecule has 1 unspecified atom stereocenters. The highest BCUT2D eigenvalue weighted by Crippen LogP contribution is 2.14. The first-order valence-electron chi connectivity index (χ1n) is 8.64. The first kappa shape index (κ1) is 19.5. The van der Waals surface area contributed by atoms with E-state index in [2.05, 4.69) is 13.8 Å². The first-order chi connectivity index (χ1) is 9.85. The molecule has 0 aromatic rings. The van der Waals surface area contributed by atoms with Gasteiger partial charge in [0, 0.05) is 7.11 Å². The molecule has 0 heterocycles. The van der Waals surface area contributed by atoms with Gasteiger partial charge in [0.15, 0.2) is 0 Å². The van der Waals surface area contributed by atoms with E-state index in [4.69, 9.17) is 9.47 Å². The van der Waals surface area contributed by atoms with Crippen molar-refractivity contribution < 1.29 is 9.47 Å². The third-order valence-corrected chi connectivity index (χ3v) is 3.68. The van der Waals surface area contributed by atoms with E-state index in [0.29, 0.717) is 6.10 Å². The predicted molar refractivity (Wildman–Crippen MR) is 88.0 cm³/mol. The van der Waals surface area contributed by atoms with Crippen molar-refractivity contribution in [2.24, 2.45) is 0 Å². The Kier molecular flexibility index (Phi) is 16.1. The maximum absolute atomic E-state index is 5.55. The molecule has 0 aromatic heterocycles. The molecule has 0 saturated carbocycles. The average Bonchev–Trinajstić information content (AvgIpc) is 2.47. The summed E-state index contributed by atoms with van der Waals surface area (Å²) in [6, 6.07) is 0. The Morgan fingerprint density at radius 2 is 1.50 bits per heavy atom. The third-order valence-electron chi connectivity index (χ3n) is 3.68. The van der Waals surface area contributed by atoms with Gasteiger partial charge >= 0.3 is 0 Å². The van der Waals surface area contributed by atoms with E-state index in [1.165, 1.54) is 51.4 Å². The van der Waals surface area contributed by atoms with Crippen molar-refractivity contribution >= 4 is 0 Å². The zero-order valence-electron chi connectivity index (χ0n) is 14.0. The standard InChI is InChI=1S/C18H36O2/c1-4-6-8-9-10-11-12-14-18(19-3)15-13-17-20-16-7-5-2/h7,16,18H,4-6,8-15,17H2,1-3H3. The van der Waals surface area contributed by atoms with Crippen molar-refractivity contribution in [3.05, 3.63) is 12.3 Å². The van der Waals surface area contributed by atoms with Gasteiger partial charge in [-0.05, 0) is 25.7 Å². The van der Waals surface area contributed by atoms with Gasteiger partial charge in [-0.1, -0.05) is 64.9 Å². The van der Waals surface area contributed by atoms with Crippen LogP contribution >= 0.6 is 0 Å². The van der Waals surface area contributed by atoms with Crippen molar-refractivity contribution in [1.29, 1.82) is 0 Å². The molecule has 0 radical (unpaired) electrons. The van der Waals surface area contributed by atoms with Gasteiger partial charge in [-0.2, -0.15) is 0 Å². The Bertz CT molecular complexity index is 202. The van der Waals surface area contributed by atoms with E-state index >= 15 is 0 Å². The third kappa shape index (κ3) is 13.9. The quantitative estimate of drug-likeness (QED) is 0.277. The lowest BCUT2D eigenvalue weighted by Gasteiger charge is -2.14. The van der Waals surface area contributed by atoms with Crippen LogP contribution in [0.5, 0.6) is 0 Å². The van der Waals surface area contributed by atoms with Crippen LogP contribution in [0.4, 0.5) is 0 Å². The highest BCUT2D eigenvalue weighted by Gasteiger charge is 2.06. The van der Waals surface area contributed by atoms with E-state index in [-0.39, 0.29) is 0 Å². The second kappa shape index (κ2) is 16.6. The molecule has 0 aromatic carbocycles. The molecule has 2 nitrogen and oxygen atoms in total. The largest absolute Gasteiger partial charge is 0.502 e. The summed E-state index contributed by atoms with van der Waals surface area (Å²) < 4.78 is 11.0. The average molecular weight is 284 g/mol. The molecule has 0 spiro atoms. The lowest BCUT2D eigenvalue weighted by atomic mass is 10.0. The van der Waals surface area contributed by atoms with Crippen LogP contribution in [-0.4, -0.2) is 19.8 Å². The molecular weight excluding hydrogens is 248 g/mol. The molecule has 2 heteroatoms. The zero-order chi connectivity index (χ0) is 14.9. The van der Waals surface area contributed by atoms with Crippen molar-refractivity contribution in [2.45, 2.75) is 90.6 Å². The maximum atomic E-state index is 5.55. The van der Waals surface area contributed by atoms with E-state index in [1.807, 2.05) is 19.4 Å². The van der Waals surface area contributed by atoms with Crippen LogP contribution < -0.4 is 0 Å². The van der Waals surface area contributed by atoms with Crippen LogP contribution in [0, 0.1) is 0 Å². The van der Waals surface area contributed by atoms with Gasteiger partial charge in [0.05, 0.1) is 19.0 Å². The molecule has 1 atom stereocenters. The van der Waals surface area contributed by atoms with Crippen LogP contribution in [0.15, 0.2) is 12.3 Å². The number of ether oxygens (including phenoxy) is 2. The number of allylic oxidation sites excluding steroid dienone is 1. The van der Waals surface area contributed by atoms with Crippen molar-refractivity contribution in [3.8, 4) is 0 Å². The van der Waals surface area contributed by atoms with Crippen LogP contribution in [0.2, 0.25) is 0 Å². The summed E-state index contributed by atoms with van der Waals surface area (Å²) in [5.41, 5.74) is 0.